The Morgan fingerprint density at radius 2 is 1.94 bits per heavy atom. The van der Waals surface area contributed by atoms with Gasteiger partial charge in [0.25, 0.3) is 0 Å². The molecule has 0 aromatic carbocycles. The van der Waals surface area contributed by atoms with Crippen molar-refractivity contribution in [2.45, 2.75) is 58.2 Å². The third-order valence-electron chi connectivity index (χ3n) is 4.19. The fraction of sp³-hybridized carbons (Fsp3) is 0.786. The molecular formula is C14H25N3O. The van der Waals surface area contributed by atoms with Gasteiger partial charge in [0.05, 0.1) is 12.2 Å². The Balaban J connectivity index is 1.86. The van der Waals surface area contributed by atoms with E-state index in [-0.39, 0.29) is 0 Å². The van der Waals surface area contributed by atoms with Gasteiger partial charge in [-0.15, -0.1) is 0 Å². The highest BCUT2D eigenvalue weighted by Gasteiger charge is 2.24. The lowest BCUT2D eigenvalue weighted by Gasteiger charge is -2.33. The minimum absolute atomic E-state index is 0.669. The zero-order valence-corrected chi connectivity index (χ0v) is 12.0. The van der Waals surface area contributed by atoms with Crippen LogP contribution in [0.1, 0.15) is 43.0 Å². The molecule has 1 aliphatic carbocycles. The second-order valence-corrected chi connectivity index (χ2v) is 5.46. The molecule has 0 aliphatic heterocycles. The zero-order valence-electron chi connectivity index (χ0n) is 12.0. The molecule has 4 nitrogen and oxygen atoms in total. The average Bonchev–Trinajstić information content (AvgIpc) is 2.68. The molecule has 0 atom stereocenters. The topological polar surface area (TPSA) is 41.3 Å². The predicted octanol–water partition coefficient (Wildman–Crippen LogP) is 2.25. The van der Waals surface area contributed by atoms with Crippen molar-refractivity contribution in [1.82, 2.24) is 15.2 Å². The maximum absolute atomic E-state index is 5.65. The van der Waals surface area contributed by atoms with E-state index in [4.69, 9.17) is 4.42 Å². The van der Waals surface area contributed by atoms with E-state index in [9.17, 15) is 0 Å². The van der Waals surface area contributed by atoms with Crippen molar-refractivity contribution in [2.75, 3.05) is 14.1 Å². The van der Waals surface area contributed by atoms with E-state index >= 15 is 0 Å². The van der Waals surface area contributed by atoms with Crippen LogP contribution in [0.5, 0.6) is 0 Å². The maximum atomic E-state index is 5.65. The number of aromatic nitrogens is 1. The van der Waals surface area contributed by atoms with Crippen LogP contribution < -0.4 is 5.32 Å². The molecule has 0 radical (unpaired) electrons. The summed E-state index contributed by atoms with van der Waals surface area (Å²) in [4.78, 5) is 6.84. The predicted molar refractivity (Wildman–Crippen MR) is 72.5 cm³/mol. The zero-order chi connectivity index (χ0) is 13.1. The molecule has 1 N–H and O–H groups in total. The summed E-state index contributed by atoms with van der Waals surface area (Å²) in [7, 11) is 4.24. The van der Waals surface area contributed by atoms with Gasteiger partial charge in [0.1, 0.15) is 5.76 Å². The number of oxazole rings is 1. The molecule has 4 heteroatoms. The first-order valence-corrected chi connectivity index (χ1v) is 6.90. The Kier molecular flexibility index (Phi) is 4.40. The van der Waals surface area contributed by atoms with Crippen molar-refractivity contribution in [3.05, 3.63) is 17.3 Å². The van der Waals surface area contributed by atoms with E-state index in [1.807, 2.05) is 13.8 Å². The molecule has 1 aromatic rings. The fourth-order valence-electron chi connectivity index (χ4n) is 2.75. The molecule has 1 aromatic heterocycles. The minimum atomic E-state index is 0.669. The largest absolute Gasteiger partial charge is 0.444 e. The summed E-state index contributed by atoms with van der Waals surface area (Å²) in [5.74, 6) is 1.79. The Labute approximate surface area is 110 Å². The summed E-state index contributed by atoms with van der Waals surface area (Å²) in [5, 5.41) is 3.37. The molecule has 1 saturated carbocycles. The van der Waals surface area contributed by atoms with Crippen LogP contribution in [0.2, 0.25) is 0 Å². The molecular weight excluding hydrogens is 226 g/mol. The molecule has 0 amide bonds. The van der Waals surface area contributed by atoms with Crippen LogP contribution in [0.15, 0.2) is 4.42 Å². The van der Waals surface area contributed by atoms with E-state index < -0.39 is 0 Å². The molecule has 0 spiro atoms. The Bertz CT molecular complexity index is 361. The average molecular weight is 251 g/mol. The van der Waals surface area contributed by atoms with E-state index in [1.165, 1.54) is 25.7 Å². The van der Waals surface area contributed by atoms with Crippen molar-refractivity contribution >= 4 is 0 Å². The highest BCUT2D eigenvalue weighted by atomic mass is 16.4. The Morgan fingerprint density at radius 3 is 2.44 bits per heavy atom. The van der Waals surface area contributed by atoms with Crippen molar-refractivity contribution in [3.63, 3.8) is 0 Å². The summed E-state index contributed by atoms with van der Waals surface area (Å²) in [6.07, 6.45) is 5.08. The van der Waals surface area contributed by atoms with Gasteiger partial charge in [-0.25, -0.2) is 4.98 Å². The molecule has 102 valence electrons. The standard InChI is InChI=1S/C14H25N3O/c1-10-11(2)18-14(16-10)9-17(4)13-7-5-12(15-3)6-8-13/h12-13,15H,5-9H2,1-4H3. The smallest absolute Gasteiger partial charge is 0.208 e. The summed E-state index contributed by atoms with van der Waals surface area (Å²) in [6, 6.07) is 1.38. The van der Waals surface area contributed by atoms with Gasteiger partial charge < -0.3 is 9.73 Å². The molecule has 0 saturated heterocycles. The number of hydrogen-bond acceptors (Lipinski definition) is 4. The van der Waals surface area contributed by atoms with Crippen molar-refractivity contribution in [2.24, 2.45) is 0 Å². The van der Waals surface area contributed by atoms with Gasteiger partial charge in [-0.05, 0) is 53.6 Å². The van der Waals surface area contributed by atoms with Crippen molar-refractivity contribution in [3.8, 4) is 0 Å². The third kappa shape index (κ3) is 3.12. The van der Waals surface area contributed by atoms with Crippen LogP contribution in [0.25, 0.3) is 0 Å². The second-order valence-electron chi connectivity index (χ2n) is 5.46. The molecule has 0 unspecified atom stereocenters. The lowest BCUT2D eigenvalue weighted by atomic mass is 9.90. The lowest BCUT2D eigenvalue weighted by molar-refractivity contribution is 0.157. The number of aryl methyl sites for hydroxylation is 2. The van der Waals surface area contributed by atoms with Crippen LogP contribution in [0.3, 0.4) is 0 Å². The first-order valence-electron chi connectivity index (χ1n) is 6.90. The quantitative estimate of drug-likeness (QED) is 0.891. The Morgan fingerprint density at radius 1 is 1.28 bits per heavy atom. The van der Waals surface area contributed by atoms with E-state index in [0.29, 0.717) is 12.1 Å². The normalized spacial score (nSPS) is 24.7. The Hall–Kier alpha value is -0.870. The summed E-state index contributed by atoms with van der Waals surface area (Å²) in [5.41, 5.74) is 1.01. The lowest BCUT2D eigenvalue weighted by Crippen LogP contribution is -2.39. The van der Waals surface area contributed by atoms with Crippen LogP contribution in [0, 0.1) is 13.8 Å². The second kappa shape index (κ2) is 5.85. The summed E-state index contributed by atoms with van der Waals surface area (Å²) >= 11 is 0. The van der Waals surface area contributed by atoms with Gasteiger partial charge in [0.15, 0.2) is 0 Å². The summed E-state index contributed by atoms with van der Waals surface area (Å²) < 4.78 is 5.65. The van der Waals surface area contributed by atoms with Gasteiger partial charge in [-0.3, -0.25) is 4.90 Å². The number of hydrogen-bond donors (Lipinski definition) is 1. The van der Waals surface area contributed by atoms with Crippen LogP contribution >= 0.6 is 0 Å². The number of nitrogens with zero attached hydrogens (tertiary/aromatic N) is 2. The van der Waals surface area contributed by atoms with Gasteiger partial charge in [0.2, 0.25) is 5.89 Å². The minimum Gasteiger partial charge on any atom is -0.444 e. The van der Waals surface area contributed by atoms with Gasteiger partial charge in [-0.1, -0.05) is 0 Å². The molecule has 0 bridgehead atoms. The number of rotatable bonds is 4. The molecule has 1 aliphatic rings. The van der Waals surface area contributed by atoms with Gasteiger partial charge in [0, 0.05) is 12.1 Å². The fourth-order valence-corrected chi connectivity index (χ4v) is 2.75. The SMILES string of the molecule is CNC1CCC(N(C)Cc2nc(C)c(C)o2)CC1. The highest BCUT2D eigenvalue weighted by molar-refractivity contribution is 5.05. The first kappa shape index (κ1) is 13.6. The molecule has 2 rings (SSSR count). The molecule has 1 heterocycles. The molecule has 1 fully saturated rings. The van der Waals surface area contributed by atoms with E-state index in [0.717, 1.165) is 23.9 Å². The van der Waals surface area contributed by atoms with Crippen LogP contribution in [-0.4, -0.2) is 36.1 Å². The van der Waals surface area contributed by atoms with Gasteiger partial charge in [-0.2, -0.15) is 0 Å². The maximum Gasteiger partial charge on any atom is 0.208 e. The first-order chi connectivity index (χ1) is 8.60. The third-order valence-corrected chi connectivity index (χ3v) is 4.19. The summed E-state index contributed by atoms with van der Waals surface area (Å²) in [6.45, 7) is 4.80. The van der Waals surface area contributed by atoms with Crippen LogP contribution in [0.4, 0.5) is 0 Å². The van der Waals surface area contributed by atoms with Crippen molar-refractivity contribution < 1.29 is 4.42 Å². The van der Waals surface area contributed by atoms with E-state index in [2.05, 4.69) is 29.3 Å². The van der Waals surface area contributed by atoms with Crippen molar-refractivity contribution in [1.29, 1.82) is 0 Å². The van der Waals surface area contributed by atoms with Gasteiger partial charge >= 0.3 is 0 Å². The monoisotopic (exact) mass is 251 g/mol. The highest BCUT2D eigenvalue weighted by Crippen LogP contribution is 2.23. The van der Waals surface area contributed by atoms with E-state index in [1.54, 1.807) is 0 Å². The van der Waals surface area contributed by atoms with Crippen LogP contribution in [-0.2, 0) is 6.54 Å². The number of nitrogens with one attached hydrogen (secondary N) is 1. The molecule has 18 heavy (non-hydrogen) atoms.